The second-order valence-electron chi connectivity index (χ2n) is 5.86. The van der Waals surface area contributed by atoms with Gasteiger partial charge in [-0.3, -0.25) is 4.79 Å². The lowest BCUT2D eigenvalue weighted by molar-refractivity contribution is -0.856. The number of aromatic nitrogens is 2. The lowest BCUT2D eigenvalue weighted by atomic mass is 10.2. The lowest BCUT2D eigenvalue weighted by Gasteiger charge is -2.13. The van der Waals surface area contributed by atoms with Crippen molar-refractivity contribution >= 4 is 5.91 Å². The van der Waals surface area contributed by atoms with Crippen molar-refractivity contribution < 1.29 is 22.9 Å². The quantitative estimate of drug-likeness (QED) is 0.855. The zero-order chi connectivity index (χ0) is 17.9. The number of likely N-dealkylation sites (N-methyl/N-ethyl adjacent to an activating group) is 1. The van der Waals surface area contributed by atoms with Gasteiger partial charge in [0.2, 0.25) is 0 Å². The van der Waals surface area contributed by atoms with Gasteiger partial charge >= 0.3 is 6.18 Å². The highest BCUT2D eigenvalue weighted by Gasteiger charge is 2.40. The molecule has 1 aromatic heterocycles. The van der Waals surface area contributed by atoms with Gasteiger partial charge in [0.25, 0.3) is 5.91 Å². The van der Waals surface area contributed by atoms with Crippen LogP contribution in [-0.4, -0.2) is 42.9 Å². The van der Waals surface area contributed by atoms with E-state index in [1.54, 1.807) is 12.1 Å². The second-order valence-corrected chi connectivity index (χ2v) is 5.86. The summed E-state index contributed by atoms with van der Waals surface area (Å²) in [7, 11) is 3.78. The standard InChI is InChI=1S/C16H19F3N4O/c1-11-4-6-12(7-5-11)23-14(16(17,18)19)13(10-21-23)15(24)20-8-9-22(2)3/h4-7,10H,8-9H2,1-3H3,(H,20,24)/p+1. The van der Waals surface area contributed by atoms with E-state index in [0.29, 0.717) is 6.54 Å². The van der Waals surface area contributed by atoms with Gasteiger partial charge < -0.3 is 10.2 Å². The molecule has 2 rings (SSSR count). The second kappa shape index (κ2) is 7.04. The molecule has 0 spiro atoms. The fraction of sp³-hybridized carbons (Fsp3) is 0.375. The van der Waals surface area contributed by atoms with E-state index in [9.17, 15) is 18.0 Å². The van der Waals surface area contributed by atoms with Crippen molar-refractivity contribution in [2.24, 2.45) is 0 Å². The van der Waals surface area contributed by atoms with Gasteiger partial charge in [0.05, 0.1) is 44.6 Å². The van der Waals surface area contributed by atoms with Crippen LogP contribution in [0.4, 0.5) is 13.2 Å². The number of hydrogen-bond donors (Lipinski definition) is 2. The fourth-order valence-electron chi connectivity index (χ4n) is 2.19. The summed E-state index contributed by atoms with van der Waals surface area (Å²) in [6.45, 7) is 2.73. The number of hydrogen-bond acceptors (Lipinski definition) is 2. The first kappa shape index (κ1) is 18.0. The summed E-state index contributed by atoms with van der Waals surface area (Å²) in [5.41, 5.74) is -0.369. The summed E-state index contributed by atoms with van der Waals surface area (Å²) in [6, 6.07) is 6.46. The number of rotatable bonds is 5. The Kier molecular flexibility index (Phi) is 5.28. The Morgan fingerprint density at radius 2 is 1.88 bits per heavy atom. The van der Waals surface area contributed by atoms with Crippen LogP contribution in [0.1, 0.15) is 21.6 Å². The van der Waals surface area contributed by atoms with Crippen LogP contribution in [0.15, 0.2) is 30.5 Å². The van der Waals surface area contributed by atoms with E-state index in [2.05, 4.69) is 10.4 Å². The predicted octanol–water partition coefficient (Wildman–Crippen LogP) is 1.07. The number of amides is 1. The number of carbonyl (C=O) groups excluding carboxylic acids is 1. The van der Waals surface area contributed by atoms with Crippen molar-refractivity contribution in [2.45, 2.75) is 13.1 Å². The molecular weight excluding hydrogens is 321 g/mol. The van der Waals surface area contributed by atoms with E-state index >= 15 is 0 Å². The maximum atomic E-state index is 13.5. The van der Waals surface area contributed by atoms with E-state index in [1.165, 1.54) is 12.1 Å². The number of nitrogens with zero attached hydrogens (tertiary/aromatic N) is 2. The van der Waals surface area contributed by atoms with Crippen molar-refractivity contribution in [2.75, 3.05) is 27.2 Å². The topological polar surface area (TPSA) is 51.4 Å². The minimum atomic E-state index is -4.69. The molecule has 0 aliphatic rings. The molecule has 0 fully saturated rings. The fourth-order valence-corrected chi connectivity index (χ4v) is 2.19. The maximum absolute atomic E-state index is 13.5. The van der Waals surface area contributed by atoms with Gasteiger partial charge in [-0.2, -0.15) is 18.3 Å². The molecule has 130 valence electrons. The van der Waals surface area contributed by atoms with Crippen LogP contribution in [0.2, 0.25) is 0 Å². The molecule has 1 amide bonds. The van der Waals surface area contributed by atoms with Crippen molar-refractivity contribution in [1.29, 1.82) is 0 Å². The van der Waals surface area contributed by atoms with E-state index in [1.807, 2.05) is 21.0 Å². The molecule has 2 N–H and O–H groups in total. The van der Waals surface area contributed by atoms with Crippen LogP contribution in [0.25, 0.3) is 5.69 Å². The molecule has 5 nitrogen and oxygen atoms in total. The van der Waals surface area contributed by atoms with Crippen molar-refractivity contribution in [3.63, 3.8) is 0 Å². The van der Waals surface area contributed by atoms with Crippen LogP contribution >= 0.6 is 0 Å². The van der Waals surface area contributed by atoms with Gasteiger partial charge in [-0.25, -0.2) is 4.68 Å². The highest BCUT2D eigenvalue weighted by atomic mass is 19.4. The average molecular weight is 341 g/mol. The average Bonchev–Trinajstić information content (AvgIpc) is 2.92. The van der Waals surface area contributed by atoms with Crippen molar-refractivity contribution in [3.8, 4) is 5.69 Å². The molecule has 0 unspecified atom stereocenters. The third kappa shape index (κ3) is 4.14. The van der Waals surface area contributed by atoms with Gasteiger partial charge in [0.1, 0.15) is 0 Å². The van der Waals surface area contributed by atoms with E-state index in [0.717, 1.165) is 21.3 Å². The summed E-state index contributed by atoms with van der Waals surface area (Å²) in [5.74, 6) is -0.776. The van der Waals surface area contributed by atoms with E-state index in [4.69, 9.17) is 0 Å². The first-order chi connectivity index (χ1) is 11.2. The molecule has 0 saturated heterocycles. The molecule has 2 aromatic rings. The van der Waals surface area contributed by atoms with Gasteiger partial charge in [-0.15, -0.1) is 0 Å². The first-order valence-corrected chi connectivity index (χ1v) is 7.49. The van der Waals surface area contributed by atoms with E-state index in [-0.39, 0.29) is 12.2 Å². The molecule has 0 radical (unpaired) electrons. The zero-order valence-electron chi connectivity index (χ0n) is 13.7. The summed E-state index contributed by atoms with van der Waals surface area (Å²) in [4.78, 5) is 13.2. The summed E-state index contributed by atoms with van der Waals surface area (Å²) in [5, 5.41) is 6.28. The Labute approximate surface area is 138 Å². The molecular formula is C16H20F3N4O+. The molecule has 0 aliphatic carbocycles. The number of benzene rings is 1. The monoisotopic (exact) mass is 341 g/mol. The van der Waals surface area contributed by atoms with Gasteiger partial charge in [0, 0.05) is 0 Å². The maximum Gasteiger partial charge on any atom is 0.434 e. The van der Waals surface area contributed by atoms with Crippen LogP contribution < -0.4 is 10.2 Å². The predicted molar refractivity (Wildman–Crippen MR) is 83.3 cm³/mol. The molecule has 0 atom stereocenters. The third-order valence-corrected chi connectivity index (χ3v) is 3.47. The highest BCUT2D eigenvalue weighted by molar-refractivity contribution is 5.95. The SMILES string of the molecule is Cc1ccc(-n2ncc(C(=O)NCC[NH+](C)C)c2C(F)(F)F)cc1. The number of aryl methyl sites for hydroxylation is 1. The molecule has 0 saturated carbocycles. The number of nitrogens with one attached hydrogen (secondary N) is 2. The lowest BCUT2D eigenvalue weighted by Crippen LogP contribution is -3.06. The number of alkyl halides is 3. The van der Waals surface area contributed by atoms with Crippen molar-refractivity contribution in [3.05, 3.63) is 47.3 Å². The Morgan fingerprint density at radius 3 is 2.42 bits per heavy atom. The molecule has 0 bridgehead atoms. The summed E-state index contributed by atoms with van der Waals surface area (Å²) >= 11 is 0. The Bertz CT molecular complexity index is 705. The molecule has 0 aliphatic heterocycles. The molecule has 1 heterocycles. The third-order valence-electron chi connectivity index (χ3n) is 3.47. The normalized spacial score (nSPS) is 11.8. The van der Waals surface area contributed by atoms with Crippen LogP contribution in [0, 0.1) is 6.92 Å². The smallest absolute Gasteiger partial charge is 0.346 e. The Balaban J connectivity index is 2.36. The largest absolute Gasteiger partial charge is 0.434 e. The molecule has 8 heteroatoms. The molecule has 1 aromatic carbocycles. The zero-order valence-corrected chi connectivity index (χ0v) is 13.7. The van der Waals surface area contributed by atoms with Crippen LogP contribution in [0.3, 0.4) is 0 Å². The number of carbonyl (C=O) groups is 1. The number of quaternary nitrogens is 1. The van der Waals surface area contributed by atoms with Gasteiger partial charge in [0.15, 0.2) is 5.69 Å². The van der Waals surface area contributed by atoms with Crippen molar-refractivity contribution in [1.82, 2.24) is 15.1 Å². The molecule has 24 heavy (non-hydrogen) atoms. The summed E-state index contributed by atoms with van der Waals surface area (Å²) in [6.07, 6.45) is -3.73. The van der Waals surface area contributed by atoms with Gasteiger partial charge in [-0.1, -0.05) is 17.7 Å². The van der Waals surface area contributed by atoms with Crippen LogP contribution in [-0.2, 0) is 6.18 Å². The highest BCUT2D eigenvalue weighted by Crippen LogP contribution is 2.33. The Hall–Kier alpha value is -2.35. The minimum absolute atomic E-state index is 0.254. The van der Waals surface area contributed by atoms with Gasteiger partial charge in [-0.05, 0) is 19.1 Å². The number of halogens is 3. The van der Waals surface area contributed by atoms with Crippen LogP contribution in [0.5, 0.6) is 0 Å². The summed E-state index contributed by atoms with van der Waals surface area (Å²) < 4.78 is 41.2. The Morgan fingerprint density at radius 1 is 1.25 bits per heavy atom. The van der Waals surface area contributed by atoms with E-state index < -0.39 is 23.3 Å². The first-order valence-electron chi connectivity index (χ1n) is 7.49. The minimum Gasteiger partial charge on any atom is -0.346 e.